The van der Waals surface area contributed by atoms with Crippen molar-refractivity contribution in [3.8, 4) is 0 Å². The number of amides is 2. The number of aryl methyl sites for hydroxylation is 1. The number of aromatic amines is 1. The molecule has 0 aliphatic carbocycles. The Bertz CT molecular complexity index is 989. The number of anilines is 1. The quantitative estimate of drug-likeness (QED) is 0.752. The van der Waals surface area contributed by atoms with Gasteiger partial charge in [-0.15, -0.1) is 0 Å². The van der Waals surface area contributed by atoms with Crippen LogP contribution in [-0.4, -0.2) is 34.8 Å². The number of likely N-dealkylation sites (tertiary alicyclic amines) is 1. The number of rotatable bonds is 4. The van der Waals surface area contributed by atoms with Gasteiger partial charge in [0.2, 0.25) is 11.8 Å². The molecular weight excluding hydrogens is 326 g/mol. The number of fused-ring (bicyclic) bond motifs is 3. The third kappa shape index (κ3) is 3.05. The van der Waals surface area contributed by atoms with Crippen molar-refractivity contribution in [3.05, 3.63) is 42.0 Å². The Kier molecular flexibility index (Phi) is 4.37. The standard InChI is InChI=1S/C21H23N3O2/c1-2-14-6-5-7-17-16-10-9-15(12-18(16)23-21(14)17)22-19(25)13-24-11-4-3-8-20(24)26/h5-7,9-10,12,23H,2-4,8,11,13H2,1H3,(H,22,25). The number of para-hydroxylation sites is 1. The monoisotopic (exact) mass is 349 g/mol. The second-order valence-electron chi connectivity index (χ2n) is 6.90. The highest BCUT2D eigenvalue weighted by atomic mass is 16.2. The molecule has 0 saturated carbocycles. The minimum atomic E-state index is -0.148. The van der Waals surface area contributed by atoms with E-state index in [1.54, 1.807) is 4.90 Å². The van der Waals surface area contributed by atoms with Gasteiger partial charge in [0.15, 0.2) is 0 Å². The molecule has 3 aromatic rings. The molecule has 5 nitrogen and oxygen atoms in total. The molecule has 1 saturated heterocycles. The minimum Gasteiger partial charge on any atom is -0.354 e. The fraction of sp³-hybridized carbons (Fsp3) is 0.333. The number of piperidine rings is 1. The van der Waals surface area contributed by atoms with Crippen molar-refractivity contribution in [2.75, 3.05) is 18.4 Å². The van der Waals surface area contributed by atoms with Crippen LogP contribution in [0.1, 0.15) is 31.7 Å². The maximum atomic E-state index is 12.3. The average Bonchev–Trinajstić information content (AvgIpc) is 3.01. The maximum absolute atomic E-state index is 12.3. The Morgan fingerprint density at radius 2 is 2.08 bits per heavy atom. The second-order valence-corrected chi connectivity index (χ2v) is 6.90. The first-order chi connectivity index (χ1) is 12.7. The summed E-state index contributed by atoms with van der Waals surface area (Å²) in [4.78, 5) is 29.3. The van der Waals surface area contributed by atoms with Gasteiger partial charge in [-0.25, -0.2) is 0 Å². The third-order valence-electron chi connectivity index (χ3n) is 5.14. The summed E-state index contributed by atoms with van der Waals surface area (Å²) in [7, 11) is 0. The van der Waals surface area contributed by atoms with Gasteiger partial charge in [0.05, 0.1) is 6.54 Å². The molecule has 0 bridgehead atoms. The van der Waals surface area contributed by atoms with Crippen molar-refractivity contribution in [1.29, 1.82) is 0 Å². The number of benzene rings is 2. The molecule has 2 N–H and O–H groups in total. The number of carbonyl (C=O) groups excluding carboxylic acids is 2. The fourth-order valence-electron chi connectivity index (χ4n) is 3.76. The highest BCUT2D eigenvalue weighted by Crippen LogP contribution is 2.29. The lowest BCUT2D eigenvalue weighted by atomic mass is 10.1. The van der Waals surface area contributed by atoms with E-state index in [4.69, 9.17) is 0 Å². The Morgan fingerprint density at radius 3 is 2.88 bits per heavy atom. The lowest BCUT2D eigenvalue weighted by Crippen LogP contribution is -2.40. The molecule has 1 aliphatic heterocycles. The number of nitrogens with one attached hydrogen (secondary N) is 2. The summed E-state index contributed by atoms with van der Waals surface area (Å²) < 4.78 is 0. The van der Waals surface area contributed by atoms with E-state index < -0.39 is 0 Å². The van der Waals surface area contributed by atoms with Crippen LogP contribution in [0.25, 0.3) is 21.8 Å². The predicted molar refractivity (Wildman–Crippen MR) is 104 cm³/mol. The van der Waals surface area contributed by atoms with Crippen LogP contribution in [0, 0.1) is 0 Å². The summed E-state index contributed by atoms with van der Waals surface area (Å²) in [5.74, 6) is -0.0745. The molecule has 0 radical (unpaired) electrons. The topological polar surface area (TPSA) is 65.2 Å². The van der Waals surface area contributed by atoms with Crippen LogP contribution in [0.2, 0.25) is 0 Å². The Balaban J connectivity index is 1.56. The van der Waals surface area contributed by atoms with Gasteiger partial charge < -0.3 is 15.2 Å². The van der Waals surface area contributed by atoms with Crippen molar-refractivity contribution in [2.24, 2.45) is 0 Å². The first-order valence-corrected chi connectivity index (χ1v) is 9.26. The second kappa shape index (κ2) is 6.83. The van der Waals surface area contributed by atoms with Gasteiger partial charge in [0.1, 0.15) is 0 Å². The van der Waals surface area contributed by atoms with Gasteiger partial charge in [-0.2, -0.15) is 0 Å². The van der Waals surface area contributed by atoms with E-state index in [1.807, 2.05) is 18.2 Å². The number of carbonyl (C=O) groups is 2. The van der Waals surface area contributed by atoms with E-state index in [-0.39, 0.29) is 18.4 Å². The minimum absolute atomic E-state index is 0.0737. The van der Waals surface area contributed by atoms with Crippen molar-refractivity contribution in [1.82, 2.24) is 9.88 Å². The van der Waals surface area contributed by atoms with Crippen LogP contribution >= 0.6 is 0 Å². The Morgan fingerprint density at radius 1 is 1.19 bits per heavy atom. The summed E-state index contributed by atoms with van der Waals surface area (Å²) in [5.41, 5.74) is 4.20. The SMILES string of the molecule is CCc1cccc2c1[nH]c1cc(NC(=O)CN3CCCCC3=O)ccc12. The van der Waals surface area contributed by atoms with Crippen LogP contribution < -0.4 is 5.32 Å². The number of hydrogen-bond acceptors (Lipinski definition) is 2. The molecule has 0 unspecified atom stereocenters. The number of aromatic nitrogens is 1. The summed E-state index contributed by atoms with van der Waals surface area (Å²) in [6.45, 7) is 2.95. The zero-order chi connectivity index (χ0) is 18.1. The summed E-state index contributed by atoms with van der Waals surface area (Å²) in [6.07, 6.45) is 3.42. The van der Waals surface area contributed by atoms with Crippen LogP contribution in [0.3, 0.4) is 0 Å². The summed E-state index contributed by atoms with van der Waals surface area (Å²) >= 11 is 0. The molecule has 134 valence electrons. The lowest BCUT2D eigenvalue weighted by molar-refractivity contribution is -0.136. The van der Waals surface area contributed by atoms with E-state index >= 15 is 0 Å². The van der Waals surface area contributed by atoms with Gasteiger partial charge >= 0.3 is 0 Å². The largest absolute Gasteiger partial charge is 0.354 e. The van der Waals surface area contributed by atoms with Crippen molar-refractivity contribution in [2.45, 2.75) is 32.6 Å². The fourth-order valence-corrected chi connectivity index (χ4v) is 3.76. The van der Waals surface area contributed by atoms with Crippen LogP contribution in [0.4, 0.5) is 5.69 Å². The van der Waals surface area contributed by atoms with Gasteiger partial charge in [0.25, 0.3) is 0 Å². The molecule has 1 aromatic heterocycles. The molecule has 26 heavy (non-hydrogen) atoms. The highest BCUT2D eigenvalue weighted by molar-refractivity contribution is 6.09. The zero-order valence-electron chi connectivity index (χ0n) is 15.0. The lowest BCUT2D eigenvalue weighted by Gasteiger charge is -2.25. The molecule has 1 aliphatic rings. The van der Waals surface area contributed by atoms with E-state index in [0.29, 0.717) is 13.0 Å². The highest BCUT2D eigenvalue weighted by Gasteiger charge is 2.20. The van der Waals surface area contributed by atoms with E-state index in [0.717, 1.165) is 41.4 Å². The zero-order valence-corrected chi connectivity index (χ0v) is 15.0. The Hall–Kier alpha value is -2.82. The molecule has 0 atom stereocenters. The predicted octanol–water partition coefficient (Wildman–Crippen LogP) is 3.83. The Labute approximate surface area is 152 Å². The van der Waals surface area contributed by atoms with Crippen LogP contribution in [-0.2, 0) is 16.0 Å². The maximum Gasteiger partial charge on any atom is 0.243 e. The number of H-pyrrole nitrogens is 1. The molecule has 2 amide bonds. The summed E-state index contributed by atoms with van der Waals surface area (Å²) in [5, 5.41) is 5.28. The molecule has 1 fully saturated rings. The number of hydrogen-bond donors (Lipinski definition) is 2. The molecule has 0 spiro atoms. The normalized spacial score (nSPS) is 15.0. The van der Waals surface area contributed by atoms with Crippen LogP contribution in [0.15, 0.2) is 36.4 Å². The molecular formula is C21H23N3O2. The summed E-state index contributed by atoms with van der Waals surface area (Å²) in [6, 6.07) is 12.3. The molecule has 2 aromatic carbocycles. The van der Waals surface area contributed by atoms with Gasteiger partial charge in [-0.3, -0.25) is 9.59 Å². The van der Waals surface area contributed by atoms with Gasteiger partial charge in [0, 0.05) is 40.5 Å². The number of nitrogens with zero attached hydrogens (tertiary/aromatic N) is 1. The average molecular weight is 349 g/mol. The molecule has 2 heterocycles. The molecule has 5 heteroatoms. The van der Waals surface area contributed by atoms with Gasteiger partial charge in [-0.05, 0) is 37.0 Å². The first-order valence-electron chi connectivity index (χ1n) is 9.26. The van der Waals surface area contributed by atoms with Crippen LogP contribution in [0.5, 0.6) is 0 Å². The smallest absolute Gasteiger partial charge is 0.243 e. The van der Waals surface area contributed by atoms with Crippen molar-refractivity contribution >= 4 is 39.3 Å². The van der Waals surface area contributed by atoms with Crippen molar-refractivity contribution in [3.63, 3.8) is 0 Å². The van der Waals surface area contributed by atoms with Crippen molar-refractivity contribution < 1.29 is 9.59 Å². The van der Waals surface area contributed by atoms with E-state index in [9.17, 15) is 9.59 Å². The van der Waals surface area contributed by atoms with Gasteiger partial charge in [-0.1, -0.05) is 31.2 Å². The third-order valence-corrected chi connectivity index (χ3v) is 5.14. The van der Waals surface area contributed by atoms with E-state index in [1.165, 1.54) is 10.9 Å². The first kappa shape index (κ1) is 16.6. The van der Waals surface area contributed by atoms with E-state index in [2.05, 4.69) is 35.4 Å². The molecule has 4 rings (SSSR count).